The Morgan fingerprint density at radius 1 is 1.38 bits per heavy atom. The van der Waals surface area contributed by atoms with Crippen LogP contribution in [0.2, 0.25) is 5.28 Å². The van der Waals surface area contributed by atoms with Gasteiger partial charge in [0.15, 0.2) is 0 Å². The molecule has 1 unspecified atom stereocenters. The molecule has 0 aliphatic carbocycles. The molecule has 3 rings (SSSR count). The second-order valence-electron chi connectivity index (χ2n) is 5.12. The second kappa shape index (κ2) is 5.74. The molecular weight excluding hydrogens is 284 g/mol. The third-order valence-corrected chi connectivity index (χ3v) is 3.73. The van der Waals surface area contributed by atoms with Gasteiger partial charge in [-0.05, 0) is 48.7 Å². The predicted molar refractivity (Wildman–Crippen MR) is 88.2 cm³/mol. The summed E-state index contributed by atoms with van der Waals surface area (Å²) in [5.74, 6) is 0.731. The topological polar surface area (TPSA) is 49.8 Å². The van der Waals surface area contributed by atoms with E-state index < -0.39 is 0 Å². The molecule has 0 radical (unpaired) electrons. The molecule has 2 N–H and O–H groups in total. The number of rotatable bonds is 3. The molecule has 0 bridgehead atoms. The van der Waals surface area contributed by atoms with Gasteiger partial charge in [-0.1, -0.05) is 19.1 Å². The molecule has 2 heterocycles. The summed E-state index contributed by atoms with van der Waals surface area (Å²) in [5, 5.41) is 7.03. The van der Waals surface area contributed by atoms with Crippen LogP contribution in [0.25, 0.3) is 6.08 Å². The van der Waals surface area contributed by atoms with E-state index in [1.165, 1.54) is 5.56 Å². The van der Waals surface area contributed by atoms with E-state index in [1.54, 1.807) is 6.20 Å². The highest BCUT2D eigenvalue weighted by atomic mass is 35.5. The van der Waals surface area contributed by atoms with Crippen molar-refractivity contribution < 1.29 is 0 Å². The van der Waals surface area contributed by atoms with Crippen LogP contribution in [0.1, 0.15) is 24.5 Å². The lowest BCUT2D eigenvalue weighted by atomic mass is 10.0. The molecule has 0 amide bonds. The van der Waals surface area contributed by atoms with Gasteiger partial charge in [-0.15, -0.1) is 0 Å². The van der Waals surface area contributed by atoms with Crippen molar-refractivity contribution in [2.45, 2.75) is 26.3 Å². The van der Waals surface area contributed by atoms with Gasteiger partial charge in [-0.25, -0.2) is 9.97 Å². The largest absolute Gasteiger partial charge is 0.378 e. The molecule has 4 nitrogen and oxygen atoms in total. The lowest BCUT2D eigenvalue weighted by Gasteiger charge is -2.22. The number of halogens is 1. The number of hydrogen-bond acceptors (Lipinski definition) is 4. The molecule has 0 saturated heterocycles. The van der Waals surface area contributed by atoms with Crippen LogP contribution in [0.5, 0.6) is 0 Å². The van der Waals surface area contributed by atoms with Crippen LogP contribution in [-0.4, -0.2) is 16.0 Å². The number of hydrogen-bond donors (Lipinski definition) is 2. The summed E-state index contributed by atoms with van der Waals surface area (Å²) in [5.41, 5.74) is 4.26. The number of fused-ring (bicyclic) bond motifs is 1. The highest BCUT2D eigenvalue weighted by Crippen LogP contribution is 2.28. The Balaban J connectivity index is 1.86. The number of aryl methyl sites for hydroxylation is 1. The normalized spacial score (nSPS) is 16.2. The molecule has 1 atom stereocenters. The zero-order valence-electron chi connectivity index (χ0n) is 12.0. The Bertz CT molecular complexity index is 697. The minimum atomic E-state index is 0.244. The molecule has 5 heteroatoms. The summed E-state index contributed by atoms with van der Waals surface area (Å²) in [6, 6.07) is 6.63. The molecule has 2 aromatic rings. The Labute approximate surface area is 129 Å². The average molecular weight is 301 g/mol. The van der Waals surface area contributed by atoms with Crippen molar-refractivity contribution in [3.63, 3.8) is 0 Å². The monoisotopic (exact) mass is 300 g/mol. The maximum Gasteiger partial charge on any atom is 0.224 e. The first-order valence-electron chi connectivity index (χ1n) is 7.00. The third-order valence-electron chi connectivity index (χ3n) is 3.55. The Morgan fingerprint density at radius 2 is 2.24 bits per heavy atom. The van der Waals surface area contributed by atoms with Crippen molar-refractivity contribution in [2.75, 3.05) is 10.6 Å². The van der Waals surface area contributed by atoms with E-state index in [2.05, 4.69) is 51.8 Å². The number of benzene rings is 1. The van der Waals surface area contributed by atoms with Crippen molar-refractivity contribution in [1.82, 2.24) is 9.97 Å². The smallest absolute Gasteiger partial charge is 0.224 e. The highest BCUT2D eigenvalue weighted by molar-refractivity contribution is 6.28. The van der Waals surface area contributed by atoms with Gasteiger partial charge in [0.25, 0.3) is 0 Å². The number of nitrogens with zero attached hydrogens (tertiary/aromatic N) is 2. The molecule has 21 heavy (non-hydrogen) atoms. The molecular formula is C16H17ClN4. The van der Waals surface area contributed by atoms with E-state index in [1.807, 2.05) is 13.0 Å². The number of anilines is 3. The van der Waals surface area contributed by atoms with E-state index >= 15 is 0 Å². The fourth-order valence-corrected chi connectivity index (χ4v) is 2.43. The molecule has 1 aliphatic rings. The molecule has 108 valence electrons. The van der Waals surface area contributed by atoms with Gasteiger partial charge < -0.3 is 10.6 Å². The maximum atomic E-state index is 5.85. The van der Waals surface area contributed by atoms with Gasteiger partial charge in [0.05, 0.1) is 0 Å². The minimum absolute atomic E-state index is 0.244. The van der Waals surface area contributed by atoms with Gasteiger partial charge in [-0.2, -0.15) is 0 Å². The summed E-state index contributed by atoms with van der Waals surface area (Å²) < 4.78 is 0. The van der Waals surface area contributed by atoms with Gasteiger partial charge >= 0.3 is 0 Å². The summed E-state index contributed by atoms with van der Waals surface area (Å²) in [7, 11) is 0. The highest BCUT2D eigenvalue weighted by Gasteiger charge is 2.11. The molecule has 0 fully saturated rings. The summed E-state index contributed by atoms with van der Waals surface area (Å²) >= 11 is 5.85. The van der Waals surface area contributed by atoms with Gasteiger partial charge in [-0.3, -0.25) is 0 Å². The van der Waals surface area contributed by atoms with Gasteiger partial charge in [0.2, 0.25) is 5.28 Å². The van der Waals surface area contributed by atoms with E-state index in [0.29, 0.717) is 6.04 Å². The lowest BCUT2D eigenvalue weighted by Crippen LogP contribution is -2.18. The molecule has 1 aromatic heterocycles. The van der Waals surface area contributed by atoms with Crippen LogP contribution >= 0.6 is 11.6 Å². The van der Waals surface area contributed by atoms with Crippen LogP contribution in [0.3, 0.4) is 0 Å². The van der Waals surface area contributed by atoms with Crippen molar-refractivity contribution in [1.29, 1.82) is 0 Å². The number of aromatic nitrogens is 2. The zero-order chi connectivity index (χ0) is 14.8. The molecule has 1 aliphatic heterocycles. The Hall–Kier alpha value is -2.07. The van der Waals surface area contributed by atoms with Gasteiger partial charge in [0.1, 0.15) is 5.82 Å². The standard InChI is InChI=1S/C16H17ClN4/c1-3-12-5-4-11-8-13(6-7-14(11)19-12)20-15-10(2)9-18-16(17)21-15/h4-9,12,19H,3H2,1-2H3,(H,18,20,21). The summed E-state index contributed by atoms with van der Waals surface area (Å²) in [6.45, 7) is 4.12. The van der Waals surface area contributed by atoms with Crippen molar-refractivity contribution in [3.05, 3.63) is 46.9 Å². The first-order chi connectivity index (χ1) is 10.2. The summed E-state index contributed by atoms with van der Waals surface area (Å²) in [4.78, 5) is 8.18. The van der Waals surface area contributed by atoms with Crippen LogP contribution < -0.4 is 10.6 Å². The van der Waals surface area contributed by atoms with E-state index in [0.717, 1.165) is 29.2 Å². The Morgan fingerprint density at radius 3 is 3.05 bits per heavy atom. The van der Waals surface area contributed by atoms with Crippen LogP contribution in [0, 0.1) is 6.92 Å². The van der Waals surface area contributed by atoms with Crippen molar-refractivity contribution >= 4 is 34.9 Å². The zero-order valence-corrected chi connectivity index (χ0v) is 12.8. The van der Waals surface area contributed by atoms with E-state index in [9.17, 15) is 0 Å². The first-order valence-corrected chi connectivity index (χ1v) is 7.38. The fourth-order valence-electron chi connectivity index (χ4n) is 2.30. The predicted octanol–water partition coefficient (Wildman–Crippen LogP) is 4.40. The van der Waals surface area contributed by atoms with Gasteiger partial charge in [0, 0.05) is 29.2 Å². The third kappa shape index (κ3) is 3.00. The molecule has 1 aromatic carbocycles. The van der Waals surface area contributed by atoms with Crippen molar-refractivity contribution in [3.8, 4) is 0 Å². The SMILES string of the molecule is CCC1C=Cc2cc(Nc3nc(Cl)ncc3C)ccc2N1. The minimum Gasteiger partial charge on any atom is -0.378 e. The average Bonchev–Trinajstić information content (AvgIpc) is 2.50. The summed E-state index contributed by atoms with van der Waals surface area (Å²) in [6.07, 6.45) is 7.14. The van der Waals surface area contributed by atoms with Crippen LogP contribution in [0.15, 0.2) is 30.5 Å². The fraction of sp³-hybridized carbons (Fsp3) is 0.250. The van der Waals surface area contributed by atoms with E-state index in [-0.39, 0.29) is 5.28 Å². The first kappa shape index (κ1) is 13.9. The molecule has 0 saturated carbocycles. The van der Waals surface area contributed by atoms with E-state index in [4.69, 9.17) is 11.6 Å². The Kier molecular flexibility index (Phi) is 3.80. The quantitative estimate of drug-likeness (QED) is 0.825. The van der Waals surface area contributed by atoms with Crippen LogP contribution in [0.4, 0.5) is 17.2 Å². The molecule has 0 spiro atoms. The second-order valence-corrected chi connectivity index (χ2v) is 5.45. The maximum absolute atomic E-state index is 5.85. The number of nitrogens with one attached hydrogen (secondary N) is 2. The lowest BCUT2D eigenvalue weighted by molar-refractivity contribution is 0.831. The van der Waals surface area contributed by atoms with Crippen molar-refractivity contribution in [2.24, 2.45) is 0 Å². The van der Waals surface area contributed by atoms with Crippen LogP contribution in [-0.2, 0) is 0 Å².